The minimum absolute atomic E-state index is 0.327. The van der Waals surface area contributed by atoms with Crippen LogP contribution < -0.4 is 10.5 Å². The molecule has 19 heavy (non-hydrogen) atoms. The Morgan fingerprint density at radius 1 is 1.16 bits per heavy atom. The molecule has 0 unspecified atom stereocenters. The normalized spacial score (nSPS) is 10.8. The molecule has 2 aromatic rings. The van der Waals surface area contributed by atoms with Crippen molar-refractivity contribution in [1.29, 1.82) is 0 Å². The first-order valence-electron chi connectivity index (χ1n) is 5.72. The molecule has 0 aliphatic rings. The lowest BCUT2D eigenvalue weighted by atomic mass is 10.1. The Morgan fingerprint density at radius 2 is 1.79 bits per heavy atom. The van der Waals surface area contributed by atoms with Crippen molar-refractivity contribution in [2.75, 3.05) is 5.73 Å². The molecule has 100 valence electrons. The maximum atomic E-state index is 6.05. The van der Waals surface area contributed by atoms with E-state index < -0.39 is 0 Å². The lowest BCUT2D eigenvalue weighted by molar-refractivity contribution is 0.454. The third-order valence-corrected chi connectivity index (χ3v) is 3.11. The van der Waals surface area contributed by atoms with Gasteiger partial charge in [-0.2, -0.15) is 5.10 Å². The van der Waals surface area contributed by atoms with Gasteiger partial charge >= 0.3 is 0 Å². The van der Waals surface area contributed by atoms with Crippen LogP contribution in [0.1, 0.15) is 25.3 Å². The van der Waals surface area contributed by atoms with Crippen LogP contribution in [-0.4, -0.2) is 10.2 Å². The number of nitrogens with zero attached hydrogens (tertiary/aromatic N) is 2. The Hall–Kier alpha value is -1.52. The van der Waals surface area contributed by atoms with Gasteiger partial charge in [0.1, 0.15) is 0 Å². The van der Waals surface area contributed by atoms with Crippen molar-refractivity contribution < 1.29 is 4.74 Å². The Kier molecular flexibility index (Phi) is 4.12. The first-order chi connectivity index (χ1) is 8.97. The molecule has 2 N–H and O–H groups in total. The van der Waals surface area contributed by atoms with Crippen LogP contribution in [0.3, 0.4) is 0 Å². The van der Waals surface area contributed by atoms with Gasteiger partial charge in [-0.15, -0.1) is 5.10 Å². The fourth-order valence-corrected chi connectivity index (χ4v) is 2.09. The number of hydrogen-bond acceptors (Lipinski definition) is 4. The van der Waals surface area contributed by atoms with E-state index in [2.05, 4.69) is 24.0 Å². The maximum absolute atomic E-state index is 6.05. The number of nitrogens with two attached hydrogens (primary N) is 1. The van der Waals surface area contributed by atoms with E-state index in [4.69, 9.17) is 33.7 Å². The molecule has 6 heteroatoms. The third kappa shape index (κ3) is 3.28. The van der Waals surface area contributed by atoms with Gasteiger partial charge in [-0.1, -0.05) is 37.0 Å². The van der Waals surface area contributed by atoms with Crippen molar-refractivity contribution in [3.63, 3.8) is 0 Å². The Morgan fingerprint density at radius 3 is 2.37 bits per heavy atom. The minimum atomic E-state index is 0.327. The second-order valence-electron chi connectivity index (χ2n) is 4.40. The van der Waals surface area contributed by atoms with Crippen molar-refractivity contribution in [3.05, 3.63) is 40.0 Å². The monoisotopic (exact) mass is 297 g/mol. The molecule has 1 heterocycles. The summed E-state index contributed by atoms with van der Waals surface area (Å²) in [6, 6.07) is 4.95. The highest BCUT2D eigenvalue weighted by Crippen LogP contribution is 2.37. The van der Waals surface area contributed by atoms with Gasteiger partial charge < -0.3 is 10.5 Å². The molecule has 0 fully saturated rings. The van der Waals surface area contributed by atoms with Gasteiger partial charge in [0.25, 0.3) is 0 Å². The Bertz CT molecular complexity index is 579. The molecule has 0 radical (unpaired) electrons. The number of benzene rings is 1. The van der Waals surface area contributed by atoms with Crippen LogP contribution in [0, 0.1) is 0 Å². The second-order valence-corrected chi connectivity index (χ2v) is 5.21. The average molecular weight is 298 g/mol. The van der Waals surface area contributed by atoms with Gasteiger partial charge in [0.15, 0.2) is 5.75 Å². The van der Waals surface area contributed by atoms with Crippen LogP contribution in [-0.2, 0) is 0 Å². The molecular formula is C13H13Cl2N3O. The largest absolute Gasteiger partial charge is 0.434 e. The molecular weight excluding hydrogens is 285 g/mol. The molecule has 0 aliphatic carbocycles. The number of rotatable bonds is 3. The minimum Gasteiger partial charge on any atom is -0.434 e. The standard InChI is InChI=1S/C13H13Cl2N3O/c1-7(2)8-3-12(18-17-6-8)19-13-10(14)4-9(16)5-11(13)15/h3-7H,16H2,1-2H3. The number of halogens is 2. The third-order valence-electron chi connectivity index (χ3n) is 2.55. The van der Waals surface area contributed by atoms with Gasteiger partial charge in [0.05, 0.1) is 16.2 Å². The van der Waals surface area contributed by atoms with Crippen LogP contribution >= 0.6 is 23.2 Å². The lowest BCUT2D eigenvalue weighted by Crippen LogP contribution is -1.96. The number of nitrogen functional groups attached to an aromatic ring is 1. The van der Waals surface area contributed by atoms with Crippen molar-refractivity contribution in [2.45, 2.75) is 19.8 Å². The van der Waals surface area contributed by atoms with Crippen LogP contribution in [0.15, 0.2) is 24.4 Å². The summed E-state index contributed by atoms with van der Waals surface area (Å²) in [7, 11) is 0. The van der Waals surface area contributed by atoms with Gasteiger partial charge in [0.2, 0.25) is 5.88 Å². The molecule has 0 bridgehead atoms. The predicted molar refractivity (Wildman–Crippen MR) is 77.1 cm³/mol. The predicted octanol–water partition coefficient (Wildman–Crippen LogP) is 4.28. The summed E-state index contributed by atoms with van der Waals surface area (Å²) in [6.07, 6.45) is 1.70. The molecule has 1 aromatic heterocycles. The molecule has 0 amide bonds. The molecule has 4 nitrogen and oxygen atoms in total. The van der Waals surface area contributed by atoms with Gasteiger partial charge in [-0.25, -0.2) is 0 Å². The van der Waals surface area contributed by atoms with Crippen molar-refractivity contribution in [3.8, 4) is 11.6 Å². The number of aromatic nitrogens is 2. The number of hydrogen-bond donors (Lipinski definition) is 1. The number of anilines is 1. The topological polar surface area (TPSA) is 61.0 Å². The molecule has 0 atom stereocenters. The summed E-state index contributed by atoms with van der Waals surface area (Å²) in [6.45, 7) is 4.12. The summed E-state index contributed by atoms with van der Waals surface area (Å²) < 4.78 is 5.59. The van der Waals surface area contributed by atoms with Crippen molar-refractivity contribution >= 4 is 28.9 Å². The fraction of sp³-hybridized carbons (Fsp3) is 0.231. The first kappa shape index (κ1) is 13.9. The van der Waals surface area contributed by atoms with E-state index in [-0.39, 0.29) is 0 Å². The molecule has 0 aliphatic heterocycles. The summed E-state index contributed by atoms with van der Waals surface area (Å²) in [5, 5.41) is 8.46. The quantitative estimate of drug-likeness (QED) is 0.859. The van der Waals surface area contributed by atoms with Crippen LogP contribution in [0.4, 0.5) is 5.69 Å². The van der Waals surface area contributed by atoms with Crippen LogP contribution in [0.5, 0.6) is 11.6 Å². The molecule has 2 rings (SSSR count). The van der Waals surface area contributed by atoms with E-state index in [9.17, 15) is 0 Å². The van der Waals surface area contributed by atoms with Gasteiger partial charge in [0, 0.05) is 11.8 Å². The van der Waals surface area contributed by atoms with Gasteiger partial charge in [-0.3, -0.25) is 0 Å². The highest BCUT2D eigenvalue weighted by molar-refractivity contribution is 6.37. The zero-order valence-electron chi connectivity index (χ0n) is 10.5. The van der Waals surface area contributed by atoms with Gasteiger partial charge in [-0.05, 0) is 23.6 Å². The average Bonchev–Trinajstić information content (AvgIpc) is 2.34. The molecule has 0 spiro atoms. The van der Waals surface area contributed by atoms with E-state index >= 15 is 0 Å². The first-order valence-corrected chi connectivity index (χ1v) is 6.48. The Balaban J connectivity index is 2.34. The summed E-state index contributed by atoms with van der Waals surface area (Å²) in [5.41, 5.74) is 7.13. The summed E-state index contributed by atoms with van der Waals surface area (Å²) in [4.78, 5) is 0. The van der Waals surface area contributed by atoms with E-state index in [1.807, 2.05) is 0 Å². The van der Waals surface area contributed by atoms with Crippen LogP contribution in [0.2, 0.25) is 10.0 Å². The van der Waals surface area contributed by atoms with Crippen molar-refractivity contribution in [2.24, 2.45) is 0 Å². The zero-order chi connectivity index (χ0) is 14.0. The highest BCUT2D eigenvalue weighted by Gasteiger charge is 2.12. The zero-order valence-corrected chi connectivity index (χ0v) is 12.0. The lowest BCUT2D eigenvalue weighted by Gasteiger charge is -2.10. The van der Waals surface area contributed by atoms with E-state index in [0.717, 1.165) is 5.56 Å². The SMILES string of the molecule is CC(C)c1cnnc(Oc2c(Cl)cc(N)cc2Cl)c1. The molecule has 1 aromatic carbocycles. The second kappa shape index (κ2) is 5.63. The fourth-order valence-electron chi connectivity index (χ4n) is 1.51. The molecule has 0 saturated carbocycles. The summed E-state index contributed by atoms with van der Waals surface area (Å²) >= 11 is 12.1. The smallest absolute Gasteiger partial charge is 0.239 e. The molecule has 0 saturated heterocycles. The highest BCUT2D eigenvalue weighted by atomic mass is 35.5. The van der Waals surface area contributed by atoms with Crippen molar-refractivity contribution in [1.82, 2.24) is 10.2 Å². The number of ether oxygens (including phenoxy) is 1. The van der Waals surface area contributed by atoms with Crippen LogP contribution in [0.25, 0.3) is 0 Å². The van der Waals surface area contributed by atoms with E-state index in [0.29, 0.717) is 33.3 Å². The Labute approximate surface area is 121 Å². The van der Waals surface area contributed by atoms with E-state index in [1.165, 1.54) is 0 Å². The maximum Gasteiger partial charge on any atom is 0.239 e. The van der Waals surface area contributed by atoms with E-state index in [1.54, 1.807) is 24.4 Å². The summed E-state index contributed by atoms with van der Waals surface area (Å²) in [5.74, 6) is 1.00.